The van der Waals surface area contributed by atoms with Crippen LogP contribution in [0.3, 0.4) is 0 Å². The fourth-order valence-electron chi connectivity index (χ4n) is 4.00. The van der Waals surface area contributed by atoms with Crippen LogP contribution in [0, 0.1) is 0 Å². The highest BCUT2D eigenvalue weighted by atomic mass is 16.6. The second-order valence-electron chi connectivity index (χ2n) is 8.57. The second-order valence-corrected chi connectivity index (χ2v) is 8.57. The Morgan fingerprint density at radius 1 is 1.19 bits per heavy atom. The number of fused-ring (bicyclic) bond motifs is 1. The first-order chi connectivity index (χ1) is 12.7. The number of carbonyl (C=O) groups excluding carboxylic acids is 3. The fourth-order valence-corrected chi connectivity index (χ4v) is 4.00. The van der Waals surface area contributed by atoms with Crippen LogP contribution in [0.5, 0.6) is 0 Å². The molecular formula is C18H30N4O5. The Morgan fingerprint density at radius 2 is 1.89 bits per heavy atom. The van der Waals surface area contributed by atoms with Crippen LogP contribution in [-0.2, 0) is 19.1 Å². The molecule has 0 saturated carbocycles. The van der Waals surface area contributed by atoms with Crippen LogP contribution in [0.2, 0.25) is 0 Å². The minimum Gasteiger partial charge on any atom is -0.444 e. The molecule has 0 aliphatic carbocycles. The summed E-state index contributed by atoms with van der Waals surface area (Å²) < 4.78 is 10.6. The highest BCUT2D eigenvalue weighted by Crippen LogP contribution is 2.30. The molecule has 0 bridgehead atoms. The van der Waals surface area contributed by atoms with Crippen molar-refractivity contribution >= 4 is 17.9 Å². The summed E-state index contributed by atoms with van der Waals surface area (Å²) in [6.45, 7) is 7.71. The highest BCUT2D eigenvalue weighted by molar-refractivity contribution is 5.91. The Kier molecular flexibility index (Phi) is 5.62. The largest absolute Gasteiger partial charge is 0.444 e. The summed E-state index contributed by atoms with van der Waals surface area (Å²) in [5, 5.41) is 2.71. The summed E-state index contributed by atoms with van der Waals surface area (Å²) in [4.78, 5) is 41.2. The first-order valence-electron chi connectivity index (χ1n) is 9.58. The number of amides is 3. The molecule has 3 heterocycles. The van der Waals surface area contributed by atoms with Gasteiger partial charge in [-0.1, -0.05) is 0 Å². The zero-order valence-electron chi connectivity index (χ0n) is 16.3. The second kappa shape index (κ2) is 7.63. The minimum absolute atomic E-state index is 0.0401. The summed E-state index contributed by atoms with van der Waals surface area (Å²) in [6, 6.07) is -1.19. The van der Waals surface area contributed by atoms with Crippen LogP contribution < -0.4 is 11.1 Å². The Bertz CT molecular complexity index is 601. The summed E-state index contributed by atoms with van der Waals surface area (Å²) in [7, 11) is 0. The standard InChI is InChI=1S/C18H30N4O5/c1-18(2,3)27-17(25)20-13-8-21(12-9-26-10-12)7-6-11-4-5-14(15(19)23)22(11)16(13)24/h11-14H,4-10H2,1-3H3,(H2,19,23)(H,20,25). The molecule has 3 N–H and O–H groups in total. The van der Waals surface area contributed by atoms with Gasteiger partial charge in [0.25, 0.3) is 0 Å². The van der Waals surface area contributed by atoms with E-state index < -0.39 is 29.7 Å². The van der Waals surface area contributed by atoms with E-state index in [0.29, 0.717) is 26.2 Å². The number of rotatable bonds is 3. The number of nitrogens with two attached hydrogens (primary N) is 1. The summed E-state index contributed by atoms with van der Waals surface area (Å²) >= 11 is 0. The lowest BCUT2D eigenvalue weighted by atomic mass is 10.0. The third kappa shape index (κ3) is 4.52. The maximum absolute atomic E-state index is 13.3. The molecule has 3 atom stereocenters. The van der Waals surface area contributed by atoms with Gasteiger partial charge < -0.3 is 25.4 Å². The molecule has 152 valence electrons. The quantitative estimate of drug-likeness (QED) is 0.700. The molecule has 3 aliphatic heterocycles. The van der Waals surface area contributed by atoms with Gasteiger partial charge in [0.05, 0.1) is 19.3 Å². The van der Waals surface area contributed by atoms with Crippen molar-refractivity contribution in [2.24, 2.45) is 5.73 Å². The normalized spacial score (nSPS) is 30.1. The van der Waals surface area contributed by atoms with E-state index in [1.54, 1.807) is 25.7 Å². The lowest BCUT2D eigenvalue weighted by molar-refractivity contribution is -0.144. The lowest BCUT2D eigenvalue weighted by Gasteiger charge is -2.43. The van der Waals surface area contributed by atoms with E-state index in [9.17, 15) is 14.4 Å². The van der Waals surface area contributed by atoms with E-state index in [1.807, 2.05) is 0 Å². The van der Waals surface area contributed by atoms with Gasteiger partial charge in [-0.15, -0.1) is 0 Å². The van der Waals surface area contributed by atoms with Crippen molar-refractivity contribution in [1.82, 2.24) is 15.1 Å². The molecular weight excluding hydrogens is 352 g/mol. The number of nitrogens with one attached hydrogen (secondary N) is 1. The van der Waals surface area contributed by atoms with Crippen molar-refractivity contribution in [2.45, 2.75) is 69.8 Å². The van der Waals surface area contributed by atoms with Crippen LogP contribution >= 0.6 is 0 Å². The van der Waals surface area contributed by atoms with E-state index in [1.165, 1.54) is 0 Å². The van der Waals surface area contributed by atoms with Gasteiger partial charge in [-0.25, -0.2) is 4.79 Å². The zero-order chi connectivity index (χ0) is 19.8. The van der Waals surface area contributed by atoms with Gasteiger partial charge in [0.2, 0.25) is 11.8 Å². The zero-order valence-corrected chi connectivity index (χ0v) is 16.3. The number of carbonyl (C=O) groups is 3. The Balaban J connectivity index is 1.79. The third-order valence-corrected chi connectivity index (χ3v) is 5.38. The molecule has 0 aromatic carbocycles. The number of ether oxygens (including phenoxy) is 2. The van der Waals surface area contributed by atoms with Gasteiger partial charge in [-0.05, 0) is 40.0 Å². The molecule has 9 heteroatoms. The fraction of sp³-hybridized carbons (Fsp3) is 0.833. The predicted molar refractivity (Wildman–Crippen MR) is 96.8 cm³/mol. The Morgan fingerprint density at radius 3 is 2.44 bits per heavy atom. The van der Waals surface area contributed by atoms with Gasteiger partial charge in [0.15, 0.2) is 0 Å². The van der Waals surface area contributed by atoms with Crippen molar-refractivity contribution in [1.29, 1.82) is 0 Å². The van der Waals surface area contributed by atoms with Gasteiger partial charge >= 0.3 is 6.09 Å². The smallest absolute Gasteiger partial charge is 0.408 e. The molecule has 27 heavy (non-hydrogen) atoms. The number of nitrogens with zero attached hydrogens (tertiary/aromatic N) is 2. The van der Waals surface area contributed by atoms with Crippen LogP contribution in [0.1, 0.15) is 40.0 Å². The van der Waals surface area contributed by atoms with E-state index in [2.05, 4.69) is 10.2 Å². The molecule has 3 fully saturated rings. The number of primary amides is 1. The van der Waals surface area contributed by atoms with Gasteiger partial charge in [0, 0.05) is 19.1 Å². The first kappa shape index (κ1) is 19.9. The van der Waals surface area contributed by atoms with Gasteiger partial charge in [-0.3, -0.25) is 14.5 Å². The molecule has 3 aliphatic rings. The molecule has 3 saturated heterocycles. The van der Waals surface area contributed by atoms with Crippen LogP contribution in [-0.4, -0.2) is 83.8 Å². The number of hydrogen-bond donors (Lipinski definition) is 2. The minimum atomic E-state index is -0.789. The molecule has 0 aromatic rings. The highest BCUT2D eigenvalue weighted by Gasteiger charge is 2.45. The van der Waals surface area contributed by atoms with E-state index in [0.717, 1.165) is 19.4 Å². The van der Waals surface area contributed by atoms with Crippen LogP contribution in [0.25, 0.3) is 0 Å². The van der Waals surface area contributed by atoms with E-state index in [-0.39, 0.29) is 18.0 Å². The molecule has 3 amide bonds. The van der Waals surface area contributed by atoms with Crippen molar-refractivity contribution in [3.05, 3.63) is 0 Å². The monoisotopic (exact) mass is 382 g/mol. The summed E-state index contributed by atoms with van der Waals surface area (Å²) in [5.74, 6) is -0.760. The molecule has 0 spiro atoms. The number of alkyl carbamates (subject to hydrolysis) is 1. The lowest BCUT2D eigenvalue weighted by Crippen LogP contribution is -2.63. The average Bonchev–Trinajstić information content (AvgIpc) is 2.90. The van der Waals surface area contributed by atoms with Crippen LogP contribution in [0.15, 0.2) is 0 Å². The Hall–Kier alpha value is -1.87. The first-order valence-corrected chi connectivity index (χ1v) is 9.58. The average molecular weight is 382 g/mol. The van der Waals surface area contributed by atoms with Crippen molar-refractivity contribution in [2.75, 3.05) is 26.3 Å². The maximum Gasteiger partial charge on any atom is 0.408 e. The maximum atomic E-state index is 13.3. The van der Waals surface area contributed by atoms with Gasteiger partial charge in [0.1, 0.15) is 17.7 Å². The summed E-state index contributed by atoms with van der Waals surface area (Å²) in [5.41, 5.74) is 4.86. The SMILES string of the molecule is CC(C)(C)OC(=O)NC1CN(C2COC2)CCC2CCC(C(N)=O)N2C1=O. The molecule has 0 aromatic heterocycles. The molecule has 3 unspecified atom stereocenters. The van der Waals surface area contributed by atoms with E-state index >= 15 is 0 Å². The predicted octanol–water partition coefficient (Wildman–Crippen LogP) is -0.171. The van der Waals surface area contributed by atoms with Crippen molar-refractivity contribution in [3.63, 3.8) is 0 Å². The summed E-state index contributed by atoms with van der Waals surface area (Å²) in [6.07, 6.45) is 1.45. The van der Waals surface area contributed by atoms with Gasteiger partial charge in [-0.2, -0.15) is 0 Å². The molecule has 9 nitrogen and oxygen atoms in total. The number of hydrogen-bond acceptors (Lipinski definition) is 6. The van der Waals surface area contributed by atoms with Crippen LogP contribution in [0.4, 0.5) is 4.79 Å². The van der Waals surface area contributed by atoms with Crippen molar-refractivity contribution in [3.8, 4) is 0 Å². The van der Waals surface area contributed by atoms with E-state index in [4.69, 9.17) is 15.2 Å². The van der Waals surface area contributed by atoms with Crippen molar-refractivity contribution < 1.29 is 23.9 Å². The topological polar surface area (TPSA) is 114 Å². The Labute approximate surface area is 159 Å². The third-order valence-electron chi connectivity index (χ3n) is 5.38. The molecule has 0 radical (unpaired) electrons. The molecule has 3 rings (SSSR count).